The predicted molar refractivity (Wildman–Crippen MR) is 88.4 cm³/mol. The third-order valence-electron chi connectivity index (χ3n) is 4.12. The number of hydrogen-bond acceptors (Lipinski definition) is 4. The van der Waals surface area contributed by atoms with Gasteiger partial charge in [-0.3, -0.25) is 9.59 Å². The number of rotatable bonds is 6. The molecule has 0 saturated carbocycles. The fourth-order valence-corrected chi connectivity index (χ4v) is 2.71. The Labute approximate surface area is 137 Å². The van der Waals surface area contributed by atoms with Crippen LogP contribution in [0.25, 0.3) is 0 Å². The SMILES string of the molecule is COc1ccccc1CCNCC(=O)N1CCN(C(C)=O)CC1. The topological polar surface area (TPSA) is 61.9 Å². The number of methoxy groups -OCH3 is 1. The number of benzene rings is 1. The van der Waals surface area contributed by atoms with Crippen molar-refractivity contribution in [2.45, 2.75) is 13.3 Å². The minimum absolute atomic E-state index is 0.0760. The summed E-state index contributed by atoms with van der Waals surface area (Å²) in [5.41, 5.74) is 1.13. The third kappa shape index (κ3) is 4.96. The smallest absolute Gasteiger partial charge is 0.236 e. The fraction of sp³-hybridized carbons (Fsp3) is 0.529. The molecule has 1 aliphatic rings. The Morgan fingerprint density at radius 1 is 1.13 bits per heavy atom. The van der Waals surface area contributed by atoms with Crippen LogP contribution in [-0.2, 0) is 16.0 Å². The molecule has 0 radical (unpaired) electrons. The molecule has 1 aromatic carbocycles. The highest BCUT2D eigenvalue weighted by Crippen LogP contribution is 2.17. The van der Waals surface area contributed by atoms with E-state index in [9.17, 15) is 9.59 Å². The van der Waals surface area contributed by atoms with E-state index in [1.165, 1.54) is 0 Å². The van der Waals surface area contributed by atoms with E-state index in [0.717, 1.165) is 24.3 Å². The molecule has 1 aliphatic heterocycles. The largest absolute Gasteiger partial charge is 0.496 e. The number of carbonyl (C=O) groups excluding carboxylic acids is 2. The Balaban J connectivity index is 1.68. The standard InChI is InChI=1S/C17H25N3O3/c1-14(21)19-9-11-20(12-10-19)17(22)13-18-8-7-15-5-3-4-6-16(15)23-2/h3-6,18H,7-13H2,1-2H3. The predicted octanol–water partition coefficient (Wildman–Crippen LogP) is 0.518. The van der Waals surface area contributed by atoms with Crippen LogP contribution in [0.5, 0.6) is 5.75 Å². The van der Waals surface area contributed by atoms with E-state index in [0.29, 0.717) is 32.7 Å². The molecule has 0 bridgehead atoms. The molecule has 1 heterocycles. The minimum atomic E-state index is 0.0760. The second-order valence-corrected chi connectivity index (χ2v) is 5.63. The molecule has 6 nitrogen and oxygen atoms in total. The lowest BCUT2D eigenvalue weighted by molar-refractivity contribution is -0.137. The molecule has 1 saturated heterocycles. The van der Waals surface area contributed by atoms with Gasteiger partial charge in [-0.25, -0.2) is 0 Å². The van der Waals surface area contributed by atoms with Gasteiger partial charge in [0, 0.05) is 33.1 Å². The van der Waals surface area contributed by atoms with Gasteiger partial charge in [-0.15, -0.1) is 0 Å². The molecule has 2 amide bonds. The number of nitrogens with zero attached hydrogens (tertiary/aromatic N) is 2. The van der Waals surface area contributed by atoms with Crippen molar-refractivity contribution < 1.29 is 14.3 Å². The van der Waals surface area contributed by atoms with Gasteiger partial charge in [0.25, 0.3) is 0 Å². The summed E-state index contributed by atoms with van der Waals surface area (Å²) in [5.74, 6) is 1.04. The zero-order valence-electron chi connectivity index (χ0n) is 13.9. The van der Waals surface area contributed by atoms with E-state index >= 15 is 0 Å². The van der Waals surface area contributed by atoms with Crippen molar-refractivity contribution in [3.63, 3.8) is 0 Å². The number of carbonyl (C=O) groups is 2. The quantitative estimate of drug-likeness (QED) is 0.777. The first kappa shape index (κ1) is 17.3. The molecule has 6 heteroatoms. The Bertz CT molecular complexity index is 540. The van der Waals surface area contributed by atoms with Gasteiger partial charge in [0.1, 0.15) is 5.75 Å². The van der Waals surface area contributed by atoms with Crippen molar-refractivity contribution in [1.82, 2.24) is 15.1 Å². The van der Waals surface area contributed by atoms with E-state index in [-0.39, 0.29) is 11.8 Å². The van der Waals surface area contributed by atoms with Gasteiger partial charge >= 0.3 is 0 Å². The number of hydrogen-bond donors (Lipinski definition) is 1. The van der Waals surface area contributed by atoms with Crippen LogP contribution in [0.3, 0.4) is 0 Å². The summed E-state index contributed by atoms with van der Waals surface area (Å²) < 4.78 is 5.31. The Morgan fingerprint density at radius 2 is 1.78 bits per heavy atom. The summed E-state index contributed by atoms with van der Waals surface area (Å²) in [6, 6.07) is 7.90. The third-order valence-corrected chi connectivity index (χ3v) is 4.12. The van der Waals surface area contributed by atoms with Gasteiger partial charge in [0.2, 0.25) is 11.8 Å². The lowest BCUT2D eigenvalue weighted by atomic mass is 10.1. The Morgan fingerprint density at radius 3 is 2.43 bits per heavy atom. The number of ether oxygens (including phenoxy) is 1. The summed E-state index contributed by atoms with van der Waals surface area (Å²) in [6.45, 7) is 5.11. The first-order valence-corrected chi connectivity index (χ1v) is 7.97. The van der Waals surface area contributed by atoms with Crippen LogP contribution in [0, 0.1) is 0 Å². The van der Waals surface area contributed by atoms with Gasteiger partial charge in [-0.05, 0) is 24.6 Å². The van der Waals surface area contributed by atoms with Crippen LogP contribution in [0.2, 0.25) is 0 Å². The highest BCUT2D eigenvalue weighted by Gasteiger charge is 2.21. The van der Waals surface area contributed by atoms with E-state index in [1.54, 1.807) is 18.9 Å². The van der Waals surface area contributed by atoms with Crippen molar-refractivity contribution in [1.29, 1.82) is 0 Å². The van der Waals surface area contributed by atoms with Crippen LogP contribution in [-0.4, -0.2) is 68.0 Å². The lowest BCUT2D eigenvalue weighted by Gasteiger charge is -2.34. The molecule has 23 heavy (non-hydrogen) atoms. The first-order valence-electron chi connectivity index (χ1n) is 7.97. The Kier molecular flexibility index (Phi) is 6.40. The second-order valence-electron chi connectivity index (χ2n) is 5.63. The van der Waals surface area contributed by atoms with Crippen LogP contribution in [0.4, 0.5) is 0 Å². The molecule has 1 aromatic rings. The maximum absolute atomic E-state index is 12.1. The molecule has 1 N–H and O–H groups in total. The van der Waals surface area contributed by atoms with Gasteiger partial charge in [0.15, 0.2) is 0 Å². The molecule has 0 aliphatic carbocycles. The van der Waals surface area contributed by atoms with Crippen molar-refractivity contribution in [2.75, 3.05) is 46.4 Å². The summed E-state index contributed by atoms with van der Waals surface area (Å²) in [4.78, 5) is 27.0. The van der Waals surface area contributed by atoms with Gasteiger partial charge in [-0.1, -0.05) is 18.2 Å². The van der Waals surface area contributed by atoms with Gasteiger partial charge < -0.3 is 19.9 Å². The normalized spacial score (nSPS) is 14.7. The van der Waals surface area contributed by atoms with Crippen LogP contribution in [0.1, 0.15) is 12.5 Å². The number of piperazine rings is 1. The molecular weight excluding hydrogens is 294 g/mol. The average molecular weight is 319 g/mol. The zero-order chi connectivity index (χ0) is 16.7. The first-order chi connectivity index (χ1) is 11.1. The molecule has 2 rings (SSSR count). The van der Waals surface area contributed by atoms with Crippen LogP contribution < -0.4 is 10.1 Å². The highest BCUT2D eigenvalue weighted by atomic mass is 16.5. The molecule has 0 unspecified atom stereocenters. The molecule has 0 atom stereocenters. The lowest BCUT2D eigenvalue weighted by Crippen LogP contribution is -2.51. The molecular formula is C17H25N3O3. The van der Waals surface area contributed by atoms with Crippen molar-refractivity contribution >= 4 is 11.8 Å². The molecule has 1 fully saturated rings. The molecule has 126 valence electrons. The summed E-state index contributed by atoms with van der Waals surface area (Å²) >= 11 is 0. The maximum Gasteiger partial charge on any atom is 0.236 e. The van der Waals surface area contributed by atoms with Crippen molar-refractivity contribution in [3.05, 3.63) is 29.8 Å². The fourth-order valence-electron chi connectivity index (χ4n) is 2.71. The highest BCUT2D eigenvalue weighted by molar-refractivity contribution is 5.79. The summed E-state index contributed by atoms with van der Waals surface area (Å²) in [5, 5.41) is 3.19. The van der Waals surface area contributed by atoms with Crippen LogP contribution in [0.15, 0.2) is 24.3 Å². The monoisotopic (exact) mass is 319 g/mol. The van der Waals surface area contributed by atoms with Crippen molar-refractivity contribution in [2.24, 2.45) is 0 Å². The summed E-state index contributed by atoms with van der Waals surface area (Å²) in [6.07, 6.45) is 0.815. The molecule has 0 spiro atoms. The second kappa shape index (κ2) is 8.53. The van der Waals surface area contributed by atoms with Crippen molar-refractivity contribution in [3.8, 4) is 5.75 Å². The van der Waals surface area contributed by atoms with Gasteiger partial charge in [-0.2, -0.15) is 0 Å². The Hall–Kier alpha value is -2.08. The van der Waals surface area contributed by atoms with E-state index < -0.39 is 0 Å². The zero-order valence-corrected chi connectivity index (χ0v) is 13.9. The maximum atomic E-state index is 12.1. The number of para-hydroxylation sites is 1. The van der Waals surface area contributed by atoms with Crippen LogP contribution >= 0.6 is 0 Å². The molecule has 0 aromatic heterocycles. The average Bonchev–Trinajstić information content (AvgIpc) is 2.59. The van der Waals surface area contributed by atoms with E-state index in [1.807, 2.05) is 29.2 Å². The van der Waals surface area contributed by atoms with Gasteiger partial charge in [0.05, 0.1) is 13.7 Å². The van der Waals surface area contributed by atoms with E-state index in [2.05, 4.69) is 5.32 Å². The number of amides is 2. The minimum Gasteiger partial charge on any atom is -0.496 e. The summed E-state index contributed by atoms with van der Waals surface area (Å²) in [7, 11) is 1.66. The number of nitrogens with one attached hydrogen (secondary N) is 1. The van der Waals surface area contributed by atoms with E-state index in [4.69, 9.17) is 4.74 Å².